The van der Waals surface area contributed by atoms with Crippen LogP contribution in [0.2, 0.25) is 0 Å². The van der Waals surface area contributed by atoms with Gasteiger partial charge in [0.2, 0.25) is 0 Å². The minimum Gasteiger partial charge on any atom is -0.271 e. The normalized spacial score (nSPS) is 9.83. The zero-order valence-corrected chi connectivity index (χ0v) is 9.54. The Morgan fingerprint density at radius 1 is 1.17 bits per heavy atom. The Hall–Kier alpha value is 2.02. The number of rotatable bonds is 0. The van der Waals surface area contributed by atoms with Crippen molar-refractivity contribution in [2.24, 2.45) is 0 Å². The summed E-state index contributed by atoms with van der Waals surface area (Å²) in [6.07, 6.45) is 0. The average Bonchev–Trinajstić information content (AvgIpc) is 0.722. The van der Waals surface area contributed by atoms with Crippen LogP contribution in [0, 0.1) is 0 Å². The molecule has 0 saturated heterocycles. The maximum atomic E-state index is 9.51. The molecule has 0 aromatic carbocycles. The molecule has 4 radical (unpaired) electrons. The number of halogens is 3. The molecule has 0 aliphatic heterocycles. The SMILES string of the molecule is O=P(Cl)(Cl)Cl.[Pb]. The van der Waals surface area contributed by atoms with Crippen LogP contribution in [0.25, 0.3) is 0 Å². The molecule has 0 heterocycles. The summed E-state index contributed by atoms with van der Waals surface area (Å²) in [5.74, 6) is 0. The third-order valence-electron chi connectivity index (χ3n) is 0. The van der Waals surface area contributed by atoms with Gasteiger partial charge >= 0.3 is 5.20 Å². The molecule has 0 unspecified atom stereocenters. The quantitative estimate of drug-likeness (QED) is 0.479. The molecule has 0 spiro atoms. The van der Waals surface area contributed by atoms with Gasteiger partial charge < -0.3 is 0 Å². The van der Waals surface area contributed by atoms with Crippen molar-refractivity contribution in [3.63, 3.8) is 0 Å². The summed E-state index contributed by atoms with van der Waals surface area (Å²) in [6, 6.07) is 0. The molecular formula is Cl3OPPb. The van der Waals surface area contributed by atoms with Gasteiger partial charge in [-0.25, -0.2) is 0 Å². The first-order valence-electron chi connectivity index (χ1n) is 0.690. The van der Waals surface area contributed by atoms with Gasteiger partial charge in [0.05, 0.1) is 0 Å². The Balaban J connectivity index is 0. The van der Waals surface area contributed by atoms with Gasteiger partial charge in [0, 0.05) is 27.3 Å². The van der Waals surface area contributed by atoms with E-state index < -0.39 is 5.20 Å². The van der Waals surface area contributed by atoms with Crippen LogP contribution in [0.15, 0.2) is 0 Å². The molecule has 0 fully saturated rings. The Morgan fingerprint density at radius 2 is 1.17 bits per heavy atom. The molecule has 6 heteroatoms. The molecule has 36 valence electrons. The van der Waals surface area contributed by atoms with E-state index in [1.165, 1.54) is 0 Å². The summed E-state index contributed by atoms with van der Waals surface area (Å²) < 4.78 is 9.51. The second-order valence-electron chi connectivity index (χ2n) is 0.399. The largest absolute Gasteiger partial charge is 0.339 e. The monoisotopic (exact) mass is 360 g/mol. The van der Waals surface area contributed by atoms with E-state index in [0.29, 0.717) is 0 Å². The second-order valence-corrected chi connectivity index (χ2v) is 7.04. The number of hydrogen-bond donors (Lipinski definition) is 0. The summed E-state index contributed by atoms with van der Waals surface area (Å²) in [5, 5.41) is -3.22. The van der Waals surface area contributed by atoms with Crippen LogP contribution >= 0.6 is 38.9 Å². The van der Waals surface area contributed by atoms with Gasteiger partial charge in [0.25, 0.3) is 0 Å². The predicted octanol–water partition coefficient (Wildman–Crippen LogP) is 2.43. The van der Waals surface area contributed by atoms with Crippen LogP contribution in [-0.4, -0.2) is 27.3 Å². The van der Waals surface area contributed by atoms with Crippen LogP contribution in [0.3, 0.4) is 0 Å². The zero-order chi connectivity index (χ0) is 4.50. The summed E-state index contributed by atoms with van der Waals surface area (Å²) >= 11 is 13.8. The molecule has 0 aromatic heterocycles. The molecule has 0 saturated carbocycles. The van der Waals surface area contributed by atoms with Crippen LogP contribution < -0.4 is 0 Å². The minimum atomic E-state index is -3.22. The fraction of sp³-hybridized carbons (Fsp3) is 0. The minimum absolute atomic E-state index is 0. The van der Waals surface area contributed by atoms with Crippen LogP contribution in [-0.2, 0) is 4.57 Å². The standard InChI is InChI=1S/Cl3OP.Pb/c1-5(2,3)4;. The fourth-order valence-electron chi connectivity index (χ4n) is 0. The third kappa shape index (κ3) is 37.1. The molecule has 0 aliphatic rings. The summed E-state index contributed by atoms with van der Waals surface area (Å²) in [6.45, 7) is 0. The molecule has 0 bridgehead atoms. The van der Waals surface area contributed by atoms with Crippen molar-refractivity contribution in [3.05, 3.63) is 0 Å². The molecule has 0 aliphatic carbocycles. The van der Waals surface area contributed by atoms with Gasteiger partial charge in [-0.3, -0.25) is 4.57 Å². The third-order valence-corrected chi connectivity index (χ3v) is 0. The van der Waals surface area contributed by atoms with Gasteiger partial charge in [-0.2, -0.15) is 0 Å². The Labute approximate surface area is 70.2 Å². The van der Waals surface area contributed by atoms with E-state index in [0.717, 1.165) is 0 Å². The maximum absolute atomic E-state index is 9.51. The Bertz CT molecular complexity index is 56.9. The van der Waals surface area contributed by atoms with Crippen molar-refractivity contribution in [1.82, 2.24) is 0 Å². The molecular weight excluding hydrogens is 361 g/mol. The van der Waals surface area contributed by atoms with Gasteiger partial charge in [-0.15, -0.1) is 0 Å². The van der Waals surface area contributed by atoms with Crippen molar-refractivity contribution in [3.8, 4) is 0 Å². The van der Waals surface area contributed by atoms with E-state index in [9.17, 15) is 4.57 Å². The first-order valence-corrected chi connectivity index (χ1v) is 5.11. The molecule has 0 amide bonds. The topological polar surface area (TPSA) is 17.1 Å². The second kappa shape index (κ2) is 3.96. The van der Waals surface area contributed by atoms with Crippen LogP contribution in [0.1, 0.15) is 0 Å². The molecule has 0 rings (SSSR count). The van der Waals surface area contributed by atoms with Gasteiger partial charge in [0.1, 0.15) is 0 Å². The van der Waals surface area contributed by atoms with E-state index in [4.69, 9.17) is 0 Å². The Kier molecular flexibility index (Phi) is 7.19. The molecule has 0 N–H and O–H groups in total. The molecule has 0 aromatic rings. The van der Waals surface area contributed by atoms with Crippen molar-refractivity contribution in [1.29, 1.82) is 0 Å². The number of hydrogen-bond acceptors (Lipinski definition) is 1. The van der Waals surface area contributed by atoms with Crippen LogP contribution in [0.5, 0.6) is 0 Å². The van der Waals surface area contributed by atoms with Crippen molar-refractivity contribution in [2.75, 3.05) is 0 Å². The molecule has 6 heavy (non-hydrogen) atoms. The van der Waals surface area contributed by atoms with Gasteiger partial charge in [0.15, 0.2) is 0 Å². The molecule has 0 atom stereocenters. The summed E-state index contributed by atoms with van der Waals surface area (Å²) in [4.78, 5) is 0. The van der Waals surface area contributed by atoms with Crippen molar-refractivity contribution >= 4 is 66.2 Å². The zero-order valence-electron chi connectivity index (χ0n) is 2.49. The van der Waals surface area contributed by atoms with Gasteiger partial charge in [-0.1, -0.05) is 0 Å². The Morgan fingerprint density at radius 3 is 1.17 bits per heavy atom. The van der Waals surface area contributed by atoms with E-state index in [2.05, 4.69) is 33.7 Å². The van der Waals surface area contributed by atoms with E-state index in [1.54, 1.807) is 0 Å². The average molecular weight is 361 g/mol. The fourth-order valence-corrected chi connectivity index (χ4v) is 0. The summed E-state index contributed by atoms with van der Waals surface area (Å²) in [7, 11) is 0. The summed E-state index contributed by atoms with van der Waals surface area (Å²) in [5.41, 5.74) is 0. The van der Waals surface area contributed by atoms with E-state index in [-0.39, 0.29) is 27.3 Å². The van der Waals surface area contributed by atoms with Crippen molar-refractivity contribution < 1.29 is 4.57 Å². The van der Waals surface area contributed by atoms with E-state index >= 15 is 0 Å². The molecule has 1 nitrogen and oxygen atoms in total. The first kappa shape index (κ1) is 10.9. The van der Waals surface area contributed by atoms with Crippen LogP contribution in [0.4, 0.5) is 0 Å². The maximum Gasteiger partial charge on any atom is 0.339 e. The van der Waals surface area contributed by atoms with E-state index in [1.807, 2.05) is 0 Å². The first-order chi connectivity index (χ1) is 2.00. The van der Waals surface area contributed by atoms with Crippen molar-refractivity contribution in [2.45, 2.75) is 0 Å². The van der Waals surface area contributed by atoms with Gasteiger partial charge in [-0.05, 0) is 33.7 Å². The smallest absolute Gasteiger partial charge is 0.271 e. The predicted molar refractivity (Wildman–Crippen MR) is 30.9 cm³/mol.